The monoisotopic (exact) mass is 252 g/mol. The predicted molar refractivity (Wildman–Crippen MR) is 65.6 cm³/mol. The number of carbonyl (C=O) groups excluding carboxylic acids is 1. The van der Waals surface area contributed by atoms with E-state index in [-0.39, 0.29) is 12.4 Å². The Bertz CT molecular complexity index is 480. The first kappa shape index (κ1) is 11.2. The van der Waals surface area contributed by atoms with Gasteiger partial charge >= 0.3 is 0 Å². The Morgan fingerprint density at radius 1 is 1.38 bits per heavy atom. The zero-order valence-corrected chi connectivity index (χ0v) is 9.92. The van der Waals surface area contributed by atoms with Crippen LogP contribution in [0.2, 0.25) is 5.02 Å². The standard InChI is InChI=1S/C12H9ClO2S/c13-10-2-1-3-11(6-10)15-7-12(14)9-4-5-16-8-9/h1-6,8H,7H2. The highest BCUT2D eigenvalue weighted by Gasteiger charge is 2.06. The molecule has 0 aliphatic heterocycles. The van der Waals surface area contributed by atoms with Gasteiger partial charge in [0.05, 0.1) is 0 Å². The molecule has 0 saturated heterocycles. The maximum Gasteiger partial charge on any atom is 0.201 e. The van der Waals surface area contributed by atoms with Crippen LogP contribution in [0.15, 0.2) is 41.1 Å². The van der Waals surface area contributed by atoms with Crippen LogP contribution in [0.1, 0.15) is 10.4 Å². The quantitative estimate of drug-likeness (QED) is 0.777. The lowest BCUT2D eigenvalue weighted by atomic mass is 10.2. The molecular weight excluding hydrogens is 244 g/mol. The van der Waals surface area contributed by atoms with Crippen LogP contribution in [0, 0.1) is 0 Å². The summed E-state index contributed by atoms with van der Waals surface area (Å²) in [6.07, 6.45) is 0. The highest BCUT2D eigenvalue weighted by Crippen LogP contribution is 2.17. The largest absolute Gasteiger partial charge is 0.485 e. The minimum absolute atomic E-state index is 0.0266. The molecular formula is C12H9ClO2S. The van der Waals surface area contributed by atoms with Gasteiger partial charge in [-0.25, -0.2) is 0 Å². The van der Waals surface area contributed by atoms with E-state index in [2.05, 4.69) is 0 Å². The lowest BCUT2D eigenvalue weighted by molar-refractivity contribution is 0.0922. The molecule has 1 aromatic carbocycles. The first-order chi connectivity index (χ1) is 7.75. The first-order valence-electron chi connectivity index (χ1n) is 4.69. The molecule has 2 rings (SSSR count). The van der Waals surface area contributed by atoms with Crippen LogP contribution in [0.3, 0.4) is 0 Å². The maximum absolute atomic E-state index is 11.6. The molecule has 0 spiro atoms. The second-order valence-corrected chi connectivity index (χ2v) is 4.40. The molecule has 0 bridgehead atoms. The number of hydrogen-bond acceptors (Lipinski definition) is 3. The molecule has 0 N–H and O–H groups in total. The minimum atomic E-state index is -0.0266. The Morgan fingerprint density at radius 2 is 2.25 bits per heavy atom. The van der Waals surface area contributed by atoms with Gasteiger partial charge in [-0.3, -0.25) is 4.79 Å². The van der Waals surface area contributed by atoms with Crippen LogP contribution >= 0.6 is 22.9 Å². The summed E-state index contributed by atoms with van der Waals surface area (Å²) in [5.41, 5.74) is 0.687. The number of rotatable bonds is 4. The molecule has 4 heteroatoms. The van der Waals surface area contributed by atoms with Crippen molar-refractivity contribution in [3.05, 3.63) is 51.7 Å². The average Bonchev–Trinajstić information content (AvgIpc) is 2.79. The van der Waals surface area contributed by atoms with Crippen LogP contribution in [0.4, 0.5) is 0 Å². The van der Waals surface area contributed by atoms with Crippen LogP contribution in [-0.2, 0) is 0 Å². The Kier molecular flexibility index (Phi) is 3.59. The van der Waals surface area contributed by atoms with Gasteiger partial charge in [-0.1, -0.05) is 17.7 Å². The van der Waals surface area contributed by atoms with E-state index in [4.69, 9.17) is 16.3 Å². The fraction of sp³-hybridized carbons (Fsp3) is 0.0833. The van der Waals surface area contributed by atoms with Gasteiger partial charge in [0.1, 0.15) is 5.75 Å². The van der Waals surface area contributed by atoms with Gasteiger partial charge in [-0.05, 0) is 29.6 Å². The summed E-state index contributed by atoms with van der Waals surface area (Å²) in [6, 6.07) is 8.78. The van der Waals surface area contributed by atoms with Crippen LogP contribution in [0.25, 0.3) is 0 Å². The maximum atomic E-state index is 11.6. The molecule has 0 fully saturated rings. The molecule has 0 aliphatic rings. The zero-order chi connectivity index (χ0) is 11.4. The number of carbonyl (C=O) groups is 1. The van der Waals surface area contributed by atoms with Gasteiger partial charge in [-0.2, -0.15) is 11.3 Å². The fourth-order valence-electron chi connectivity index (χ4n) is 1.21. The molecule has 2 nitrogen and oxygen atoms in total. The van der Waals surface area contributed by atoms with Gasteiger partial charge in [0.15, 0.2) is 6.61 Å². The van der Waals surface area contributed by atoms with Crippen molar-refractivity contribution in [1.29, 1.82) is 0 Å². The molecule has 0 unspecified atom stereocenters. The zero-order valence-electron chi connectivity index (χ0n) is 8.35. The van der Waals surface area contributed by atoms with E-state index in [1.807, 2.05) is 10.8 Å². The molecule has 2 aromatic rings. The van der Waals surface area contributed by atoms with E-state index in [0.29, 0.717) is 16.3 Å². The molecule has 16 heavy (non-hydrogen) atoms. The van der Waals surface area contributed by atoms with Crippen molar-refractivity contribution in [2.24, 2.45) is 0 Å². The van der Waals surface area contributed by atoms with E-state index >= 15 is 0 Å². The molecule has 82 valence electrons. The molecule has 0 atom stereocenters. The van der Waals surface area contributed by atoms with E-state index in [1.54, 1.807) is 30.3 Å². The molecule has 1 aromatic heterocycles. The Labute approximate surface area is 102 Å². The van der Waals surface area contributed by atoms with E-state index in [0.717, 1.165) is 0 Å². The lowest BCUT2D eigenvalue weighted by Gasteiger charge is -2.04. The van der Waals surface area contributed by atoms with Crippen molar-refractivity contribution < 1.29 is 9.53 Å². The van der Waals surface area contributed by atoms with Crippen molar-refractivity contribution in [3.63, 3.8) is 0 Å². The van der Waals surface area contributed by atoms with Gasteiger partial charge in [0.2, 0.25) is 5.78 Å². The normalized spacial score (nSPS) is 10.1. The number of thiophene rings is 1. The van der Waals surface area contributed by atoms with Gasteiger partial charge in [0, 0.05) is 16.0 Å². The number of ketones is 1. The van der Waals surface area contributed by atoms with E-state index in [1.165, 1.54) is 11.3 Å². The third-order valence-electron chi connectivity index (χ3n) is 2.01. The number of halogens is 1. The van der Waals surface area contributed by atoms with Crippen molar-refractivity contribution in [2.75, 3.05) is 6.61 Å². The second kappa shape index (κ2) is 5.14. The summed E-state index contributed by atoms with van der Waals surface area (Å²) in [4.78, 5) is 11.6. The van der Waals surface area contributed by atoms with E-state index < -0.39 is 0 Å². The summed E-state index contributed by atoms with van der Waals surface area (Å²) >= 11 is 7.29. The van der Waals surface area contributed by atoms with Crippen molar-refractivity contribution >= 4 is 28.7 Å². The van der Waals surface area contributed by atoms with Crippen LogP contribution < -0.4 is 4.74 Å². The summed E-state index contributed by atoms with van der Waals surface area (Å²) in [6.45, 7) is 0.0388. The Hall–Kier alpha value is -1.32. The summed E-state index contributed by atoms with van der Waals surface area (Å²) < 4.78 is 5.34. The average molecular weight is 253 g/mol. The molecule has 0 saturated carbocycles. The SMILES string of the molecule is O=C(COc1cccc(Cl)c1)c1ccsc1. The van der Waals surface area contributed by atoms with Gasteiger partial charge in [-0.15, -0.1) is 0 Å². The highest BCUT2D eigenvalue weighted by molar-refractivity contribution is 7.08. The predicted octanol–water partition coefficient (Wildman–Crippen LogP) is 3.66. The minimum Gasteiger partial charge on any atom is -0.485 e. The lowest BCUT2D eigenvalue weighted by Crippen LogP contribution is -2.10. The van der Waals surface area contributed by atoms with Crippen LogP contribution in [-0.4, -0.2) is 12.4 Å². The third-order valence-corrected chi connectivity index (χ3v) is 2.93. The highest BCUT2D eigenvalue weighted by atomic mass is 35.5. The smallest absolute Gasteiger partial charge is 0.201 e. The Morgan fingerprint density at radius 3 is 2.94 bits per heavy atom. The molecule has 0 amide bonds. The van der Waals surface area contributed by atoms with Gasteiger partial charge in [0.25, 0.3) is 0 Å². The van der Waals surface area contributed by atoms with Crippen molar-refractivity contribution in [1.82, 2.24) is 0 Å². The summed E-state index contributed by atoms with van der Waals surface area (Å²) in [7, 11) is 0. The second-order valence-electron chi connectivity index (χ2n) is 3.18. The van der Waals surface area contributed by atoms with E-state index in [9.17, 15) is 4.79 Å². The third kappa shape index (κ3) is 2.84. The van der Waals surface area contributed by atoms with Crippen molar-refractivity contribution in [2.45, 2.75) is 0 Å². The van der Waals surface area contributed by atoms with Crippen molar-refractivity contribution in [3.8, 4) is 5.75 Å². The van der Waals surface area contributed by atoms with Crippen LogP contribution in [0.5, 0.6) is 5.75 Å². The molecule has 0 aliphatic carbocycles. The number of Topliss-reactive ketones (excluding diaryl/α,β-unsaturated/α-hetero) is 1. The van der Waals surface area contributed by atoms with Gasteiger partial charge < -0.3 is 4.74 Å². The first-order valence-corrected chi connectivity index (χ1v) is 6.01. The topological polar surface area (TPSA) is 26.3 Å². The summed E-state index contributed by atoms with van der Waals surface area (Å²) in [5.74, 6) is 0.581. The molecule has 1 heterocycles. The fourth-order valence-corrected chi connectivity index (χ4v) is 2.05. The number of hydrogen-bond donors (Lipinski definition) is 0. The molecule has 0 radical (unpaired) electrons. The number of ether oxygens (including phenoxy) is 1. The number of benzene rings is 1. The Balaban J connectivity index is 1.95. The summed E-state index contributed by atoms with van der Waals surface area (Å²) in [5, 5.41) is 4.27.